The number of halogens is 1. The first kappa shape index (κ1) is 14.0. The molecule has 19 heavy (non-hydrogen) atoms. The number of hydrogen-bond acceptors (Lipinski definition) is 4. The zero-order valence-electron chi connectivity index (χ0n) is 11.0. The van der Waals surface area contributed by atoms with E-state index in [0.717, 1.165) is 21.5 Å². The molecule has 0 fully saturated rings. The molecule has 0 aliphatic heterocycles. The predicted octanol–water partition coefficient (Wildman–Crippen LogP) is 3.06. The van der Waals surface area contributed by atoms with Crippen LogP contribution < -0.4 is 11.1 Å². The Bertz CT molecular complexity index is 529. The first-order chi connectivity index (χ1) is 8.94. The van der Waals surface area contributed by atoms with Crippen molar-refractivity contribution in [3.05, 3.63) is 40.9 Å². The SMILES string of the molecule is CC(C)(N)CNc1ccc(-c2ccc(Br)cc2)nn1. The summed E-state index contributed by atoms with van der Waals surface area (Å²) in [6.45, 7) is 4.58. The lowest BCUT2D eigenvalue weighted by molar-refractivity contribution is 0.548. The number of benzene rings is 1. The molecule has 0 amide bonds. The highest BCUT2D eigenvalue weighted by atomic mass is 79.9. The van der Waals surface area contributed by atoms with Crippen LogP contribution in [0.2, 0.25) is 0 Å². The van der Waals surface area contributed by atoms with E-state index in [1.54, 1.807) is 0 Å². The molecule has 0 unspecified atom stereocenters. The summed E-state index contributed by atoms with van der Waals surface area (Å²) in [6, 6.07) is 11.8. The van der Waals surface area contributed by atoms with Gasteiger partial charge in [0, 0.05) is 22.1 Å². The van der Waals surface area contributed by atoms with Crippen LogP contribution in [0, 0.1) is 0 Å². The van der Waals surface area contributed by atoms with Gasteiger partial charge in [-0.25, -0.2) is 0 Å². The van der Waals surface area contributed by atoms with Crippen molar-refractivity contribution in [3.63, 3.8) is 0 Å². The normalized spacial score (nSPS) is 11.4. The molecule has 3 N–H and O–H groups in total. The lowest BCUT2D eigenvalue weighted by Gasteiger charge is -2.18. The number of nitrogens with two attached hydrogens (primary N) is 1. The van der Waals surface area contributed by atoms with Gasteiger partial charge in [0.25, 0.3) is 0 Å². The first-order valence-electron chi connectivity index (χ1n) is 6.06. The Balaban J connectivity index is 2.08. The van der Waals surface area contributed by atoms with E-state index >= 15 is 0 Å². The summed E-state index contributed by atoms with van der Waals surface area (Å²) in [5.41, 5.74) is 7.53. The molecule has 5 heteroatoms. The maximum Gasteiger partial charge on any atom is 0.148 e. The Hall–Kier alpha value is -1.46. The van der Waals surface area contributed by atoms with Crippen molar-refractivity contribution in [1.29, 1.82) is 0 Å². The van der Waals surface area contributed by atoms with Gasteiger partial charge in [-0.2, -0.15) is 0 Å². The third kappa shape index (κ3) is 4.29. The molecule has 0 radical (unpaired) electrons. The minimum Gasteiger partial charge on any atom is -0.367 e. The van der Waals surface area contributed by atoms with Crippen molar-refractivity contribution in [2.45, 2.75) is 19.4 Å². The number of nitrogens with one attached hydrogen (secondary N) is 1. The highest BCUT2D eigenvalue weighted by molar-refractivity contribution is 9.10. The van der Waals surface area contributed by atoms with Crippen LogP contribution in [0.5, 0.6) is 0 Å². The van der Waals surface area contributed by atoms with E-state index in [1.807, 2.05) is 50.2 Å². The van der Waals surface area contributed by atoms with Crippen LogP contribution >= 0.6 is 15.9 Å². The monoisotopic (exact) mass is 320 g/mol. The van der Waals surface area contributed by atoms with Crippen molar-refractivity contribution in [1.82, 2.24) is 10.2 Å². The second kappa shape index (κ2) is 5.67. The van der Waals surface area contributed by atoms with Crippen LogP contribution in [0.15, 0.2) is 40.9 Å². The van der Waals surface area contributed by atoms with E-state index < -0.39 is 0 Å². The first-order valence-corrected chi connectivity index (χ1v) is 6.86. The Morgan fingerprint density at radius 3 is 2.32 bits per heavy atom. The smallest absolute Gasteiger partial charge is 0.148 e. The van der Waals surface area contributed by atoms with E-state index in [9.17, 15) is 0 Å². The van der Waals surface area contributed by atoms with Gasteiger partial charge >= 0.3 is 0 Å². The van der Waals surface area contributed by atoms with Gasteiger partial charge in [0.1, 0.15) is 5.82 Å². The molecule has 0 bridgehead atoms. The molecule has 0 atom stereocenters. The van der Waals surface area contributed by atoms with Crippen LogP contribution in [0.1, 0.15) is 13.8 Å². The number of nitrogens with zero attached hydrogens (tertiary/aromatic N) is 2. The van der Waals surface area contributed by atoms with Gasteiger partial charge in [-0.1, -0.05) is 28.1 Å². The fraction of sp³-hybridized carbons (Fsp3) is 0.286. The minimum absolute atomic E-state index is 0.272. The average molecular weight is 321 g/mol. The zero-order chi connectivity index (χ0) is 13.9. The van der Waals surface area contributed by atoms with Gasteiger partial charge < -0.3 is 11.1 Å². The molecular weight excluding hydrogens is 304 g/mol. The van der Waals surface area contributed by atoms with Gasteiger partial charge in [-0.3, -0.25) is 0 Å². The van der Waals surface area contributed by atoms with Crippen molar-refractivity contribution >= 4 is 21.7 Å². The second-order valence-corrected chi connectivity index (χ2v) is 6.07. The topological polar surface area (TPSA) is 63.8 Å². The Morgan fingerprint density at radius 2 is 1.79 bits per heavy atom. The molecule has 1 aromatic heterocycles. The summed E-state index contributed by atoms with van der Waals surface area (Å²) in [5, 5.41) is 11.5. The summed E-state index contributed by atoms with van der Waals surface area (Å²) in [6.07, 6.45) is 0. The van der Waals surface area contributed by atoms with Crippen molar-refractivity contribution < 1.29 is 0 Å². The van der Waals surface area contributed by atoms with Crippen LogP contribution in [0.3, 0.4) is 0 Å². The molecule has 0 saturated carbocycles. The summed E-state index contributed by atoms with van der Waals surface area (Å²) < 4.78 is 1.05. The fourth-order valence-corrected chi connectivity index (χ4v) is 1.78. The molecule has 100 valence electrons. The van der Waals surface area contributed by atoms with Gasteiger partial charge in [-0.05, 0) is 38.1 Å². The largest absolute Gasteiger partial charge is 0.367 e. The van der Waals surface area contributed by atoms with Crippen molar-refractivity contribution in [2.24, 2.45) is 5.73 Å². The second-order valence-electron chi connectivity index (χ2n) is 5.15. The number of rotatable bonds is 4. The third-order valence-corrected chi connectivity index (χ3v) is 3.06. The average Bonchev–Trinajstić information content (AvgIpc) is 2.37. The number of anilines is 1. The maximum absolute atomic E-state index is 5.90. The van der Waals surface area contributed by atoms with Crippen LogP contribution in [-0.4, -0.2) is 22.3 Å². The standard InChI is InChI=1S/C14H17BrN4/c1-14(2,16)9-17-13-8-7-12(18-19-13)10-3-5-11(15)6-4-10/h3-8H,9,16H2,1-2H3,(H,17,19). The Kier molecular flexibility index (Phi) is 4.17. The maximum atomic E-state index is 5.90. The summed E-state index contributed by atoms with van der Waals surface area (Å²) in [7, 11) is 0. The van der Waals surface area contributed by atoms with E-state index in [0.29, 0.717) is 6.54 Å². The molecule has 0 aliphatic carbocycles. The third-order valence-electron chi connectivity index (χ3n) is 2.53. The fourth-order valence-electron chi connectivity index (χ4n) is 1.52. The lowest BCUT2D eigenvalue weighted by Crippen LogP contribution is -2.39. The van der Waals surface area contributed by atoms with Crippen LogP contribution in [0.4, 0.5) is 5.82 Å². The quantitative estimate of drug-likeness (QED) is 0.908. The molecule has 0 saturated heterocycles. The van der Waals surface area contributed by atoms with Gasteiger partial charge in [0.15, 0.2) is 0 Å². The van der Waals surface area contributed by atoms with Gasteiger partial charge in [0.2, 0.25) is 0 Å². The van der Waals surface area contributed by atoms with E-state index in [2.05, 4.69) is 31.4 Å². The highest BCUT2D eigenvalue weighted by Gasteiger charge is 2.10. The van der Waals surface area contributed by atoms with Crippen LogP contribution in [0.25, 0.3) is 11.3 Å². The Labute approximate surface area is 121 Å². The van der Waals surface area contributed by atoms with E-state index in [1.165, 1.54) is 0 Å². The van der Waals surface area contributed by atoms with E-state index in [-0.39, 0.29) is 5.54 Å². The molecule has 0 aliphatic rings. The summed E-state index contributed by atoms with van der Waals surface area (Å²) in [4.78, 5) is 0. The van der Waals surface area contributed by atoms with E-state index in [4.69, 9.17) is 5.73 Å². The predicted molar refractivity (Wildman–Crippen MR) is 81.9 cm³/mol. The minimum atomic E-state index is -0.272. The van der Waals surface area contributed by atoms with Crippen molar-refractivity contribution in [2.75, 3.05) is 11.9 Å². The Morgan fingerprint density at radius 1 is 1.11 bits per heavy atom. The summed E-state index contributed by atoms with van der Waals surface area (Å²) >= 11 is 3.41. The molecule has 2 rings (SSSR count). The summed E-state index contributed by atoms with van der Waals surface area (Å²) in [5.74, 6) is 0.736. The van der Waals surface area contributed by atoms with Crippen molar-refractivity contribution in [3.8, 4) is 11.3 Å². The lowest BCUT2D eigenvalue weighted by atomic mass is 10.1. The number of aromatic nitrogens is 2. The molecule has 4 nitrogen and oxygen atoms in total. The molecule has 1 heterocycles. The number of hydrogen-bond donors (Lipinski definition) is 2. The molecule has 0 spiro atoms. The van der Waals surface area contributed by atoms with Crippen LogP contribution in [-0.2, 0) is 0 Å². The molecule has 2 aromatic rings. The van der Waals surface area contributed by atoms with Gasteiger partial charge in [-0.15, -0.1) is 10.2 Å². The van der Waals surface area contributed by atoms with Gasteiger partial charge in [0.05, 0.1) is 5.69 Å². The molecular formula is C14H17BrN4. The molecule has 1 aromatic carbocycles. The highest BCUT2D eigenvalue weighted by Crippen LogP contribution is 2.19. The zero-order valence-corrected chi connectivity index (χ0v) is 12.6.